The van der Waals surface area contributed by atoms with Gasteiger partial charge in [-0.3, -0.25) is 4.79 Å². The van der Waals surface area contributed by atoms with E-state index in [1.54, 1.807) is 4.90 Å². The highest BCUT2D eigenvalue weighted by Crippen LogP contribution is 2.22. The van der Waals surface area contributed by atoms with Gasteiger partial charge in [0.2, 0.25) is 0 Å². The van der Waals surface area contributed by atoms with E-state index in [-0.39, 0.29) is 5.91 Å². The van der Waals surface area contributed by atoms with Crippen LogP contribution in [0.5, 0.6) is 0 Å². The van der Waals surface area contributed by atoms with Gasteiger partial charge in [-0.2, -0.15) is 5.10 Å². The second-order valence-corrected chi connectivity index (χ2v) is 6.89. The van der Waals surface area contributed by atoms with Crippen molar-refractivity contribution < 1.29 is 4.79 Å². The lowest BCUT2D eigenvalue weighted by atomic mass is 10.1. The number of carbonyl (C=O) groups is 1. The van der Waals surface area contributed by atoms with Crippen LogP contribution >= 0.6 is 15.9 Å². The molecule has 0 fully saturated rings. The summed E-state index contributed by atoms with van der Waals surface area (Å²) in [5.41, 5.74) is 4.75. The number of rotatable bonds is 4. The fourth-order valence-corrected chi connectivity index (χ4v) is 3.33. The van der Waals surface area contributed by atoms with Crippen LogP contribution < -0.4 is 0 Å². The van der Waals surface area contributed by atoms with Crippen LogP contribution in [0, 0.1) is 13.8 Å². The number of nitrogens with zero attached hydrogens (tertiary/aromatic N) is 3. The molecule has 0 saturated heterocycles. The van der Waals surface area contributed by atoms with Crippen LogP contribution in [0.3, 0.4) is 0 Å². The van der Waals surface area contributed by atoms with E-state index in [1.807, 2.05) is 80.2 Å². The summed E-state index contributed by atoms with van der Waals surface area (Å²) in [6.45, 7) is 4.54. The highest BCUT2D eigenvalue weighted by molar-refractivity contribution is 9.10. The summed E-state index contributed by atoms with van der Waals surface area (Å²) < 4.78 is 2.74. The van der Waals surface area contributed by atoms with Gasteiger partial charge < -0.3 is 4.90 Å². The fraction of sp³-hybridized carbons (Fsp3) is 0.200. The van der Waals surface area contributed by atoms with Crippen molar-refractivity contribution >= 4 is 21.8 Å². The molecule has 0 bridgehead atoms. The van der Waals surface area contributed by atoms with Gasteiger partial charge in [0.15, 0.2) is 0 Å². The van der Waals surface area contributed by atoms with Crippen LogP contribution in [0.15, 0.2) is 59.1 Å². The van der Waals surface area contributed by atoms with E-state index in [9.17, 15) is 4.79 Å². The van der Waals surface area contributed by atoms with Crippen molar-refractivity contribution in [2.75, 3.05) is 7.05 Å². The van der Waals surface area contributed by atoms with E-state index in [4.69, 9.17) is 0 Å². The minimum absolute atomic E-state index is 0.0151. The van der Waals surface area contributed by atoms with Crippen LogP contribution in [0.2, 0.25) is 0 Å². The maximum atomic E-state index is 12.7. The highest BCUT2D eigenvalue weighted by atomic mass is 79.9. The zero-order chi connectivity index (χ0) is 18.0. The molecule has 25 heavy (non-hydrogen) atoms. The van der Waals surface area contributed by atoms with Crippen molar-refractivity contribution in [1.82, 2.24) is 14.7 Å². The maximum Gasteiger partial charge on any atom is 0.255 e. The van der Waals surface area contributed by atoms with Crippen LogP contribution in [0.25, 0.3) is 5.69 Å². The average molecular weight is 398 g/mol. The van der Waals surface area contributed by atoms with Gasteiger partial charge in [-0.25, -0.2) is 4.68 Å². The number of para-hydroxylation sites is 1. The molecule has 5 heteroatoms. The number of hydrogen-bond donors (Lipinski definition) is 0. The summed E-state index contributed by atoms with van der Waals surface area (Å²) in [6.07, 6.45) is 0. The molecule has 0 aliphatic carbocycles. The lowest BCUT2D eigenvalue weighted by Crippen LogP contribution is -2.27. The summed E-state index contributed by atoms with van der Waals surface area (Å²) >= 11 is 3.45. The minimum Gasteiger partial charge on any atom is -0.337 e. The Labute approximate surface area is 156 Å². The second kappa shape index (κ2) is 7.23. The molecular formula is C20H20BrN3O. The lowest BCUT2D eigenvalue weighted by Gasteiger charge is -2.18. The van der Waals surface area contributed by atoms with Crippen LogP contribution in [-0.4, -0.2) is 27.6 Å². The molecule has 0 saturated carbocycles. The molecule has 0 radical (unpaired) electrons. The maximum absolute atomic E-state index is 12.7. The van der Waals surface area contributed by atoms with Gasteiger partial charge in [-0.15, -0.1) is 0 Å². The molecule has 3 rings (SSSR count). The first-order valence-corrected chi connectivity index (χ1v) is 8.89. The van der Waals surface area contributed by atoms with Gasteiger partial charge >= 0.3 is 0 Å². The Kier molecular flexibility index (Phi) is 5.04. The Morgan fingerprint density at radius 2 is 1.72 bits per heavy atom. The van der Waals surface area contributed by atoms with Gasteiger partial charge in [0.1, 0.15) is 0 Å². The van der Waals surface area contributed by atoms with Gasteiger partial charge in [0, 0.05) is 29.3 Å². The van der Waals surface area contributed by atoms with E-state index in [0.29, 0.717) is 12.1 Å². The van der Waals surface area contributed by atoms with E-state index < -0.39 is 0 Å². The first-order valence-electron chi connectivity index (χ1n) is 8.09. The first kappa shape index (κ1) is 17.4. The molecule has 0 aliphatic heterocycles. The molecule has 1 amide bonds. The van der Waals surface area contributed by atoms with Crippen molar-refractivity contribution in [2.24, 2.45) is 0 Å². The molecule has 0 aliphatic rings. The van der Waals surface area contributed by atoms with Gasteiger partial charge in [-0.1, -0.05) is 30.3 Å². The molecule has 0 atom stereocenters. The van der Waals surface area contributed by atoms with E-state index in [1.165, 1.54) is 0 Å². The molecule has 4 nitrogen and oxygen atoms in total. The Hall–Kier alpha value is -2.40. The molecular weight excluding hydrogens is 378 g/mol. The molecule has 0 N–H and O–H groups in total. The van der Waals surface area contributed by atoms with E-state index >= 15 is 0 Å². The van der Waals surface area contributed by atoms with Crippen LogP contribution in [0.4, 0.5) is 0 Å². The average Bonchev–Trinajstić information content (AvgIpc) is 2.90. The summed E-state index contributed by atoms with van der Waals surface area (Å²) in [4.78, 5) is 14.5. The number of amides is 1. The summed E-state index contributed by atoms with van der Waals surface area (Å²) in [6, 6.07) is 17.5. The molecule has 1 heterocycles. The molecule has 2 aromatic carbocycles. The van der Waals surface area contributed by atoms with Gasteiger partial charge in [0.05, 0.1) is 16.9 Å². The third-order valence-corrected chi connectivity index (χ3v) is 4.98. The zero-order valence-corrected chi connectivity index (χ0v) is 16.1. The highest BCUT2D eigenvalue weighted by Gasteiger charge is 2.19. The molecule has 0 spiro atoms. The minimum atomic E-state index is -0.0151. The summed E-state index contributed by atoms with van der Waals surface area (Å²) in [5.74, 6) is -0.0151. The third kappa shape index (κ3) is 3.51. The van der Waals surface area contributed by atoms with Gasteiger partial charge in [0.25, 0.3) is 5.91 Å². The normalized spacial score (nSPS) is 10.7. The standard InChI is InChI=1S/C20H20BrN3O/c1-14-18(15(2)24(22-14)16-9-5-4-6-10-16)13-23(3)20(25)17-11-7-8-12-19(17)21/h4-12H,13H2,1-3H3. The Morgan fingerprint density at radius 1 is 1.08 bits per heavy atom. The molecule has 128 valence electrons. The number of carbonyl (C=O) groups excluding carboxylic acids is 1. The van der Waals surface area contributed by atoms with Crippen molar-refractivity contribution in [1.29, 1.82) is 0 Å². The predicted molar refractivity (Wildman–Crippen MR) is 103 cm³/mol. The van der Waals surface area contributed by atoms with Gasteiger partial charge in [-0.05, 0) is 54.0 Å². The second-order valence-electron chi connectivity index (χ2n) is 6.04. The Morgan fingerprint density at radius 3 is 2.40 bits per heavy atom. The van der Waals surface area contributed by atoms with Crippen LogP contribution in [-0.2, 0) is 6.54 Å². The summed E-state index contributed by atoms with van der Waals surface area (Å²) in [5, 5.41) is 4.65. The third-order valence-electron chi connectivity index (χ3n) is 4.29. The first-order chi connectivity index (χ1) is 12.0. The number of aromatic nitrogens is 2. The van der Waals surface area contributed by atoms with Crippen molar-refractivity contribution in [3.8, 4) is 5.69 Å². The van der Waals surface area contributed by atoms with Crippen molar-refractivity contribution in [2.45, 2.75) is 20.4 Å². The Balaban J connectivity index is 1.87. The zero-order valence-electron chi connectivity index (χ0n) is 14.5. The largest absolute Gasteiger partial charge is 0.337 e. The molecule has 3 aromatic rings. The van der Waals surface area contributed by atoms with Crippen molar-refractivity contribution in [3.63, 3.8) is 0 Å². The van der Waals surface area contributed by atoms with Crippen molar-refractivity contribution in [3.05, 3.63) is 81.6 Å². The van der Waals surface area contributed by atoms with E-state index in [0.717, 1.165) is 27.1 Å². The molecule has 1 aromatic heterocycles. The number of halogens is 1. The number of benzene rings is 2. The van der Waals surface area contributed by atoms with E-state index in [2.05, 4.69) is 21.0 Å². The fourth-order valence-electron chi connectivity index (χ4n) is 2.87. The molecule has 0 unspecified atom stereocenters. The number of hydrogen-bond acceptors (Lipinski definition) is 2. The smallest absolute Gasteiger partial charge is 0.255 e. The predicted octanol–water partition coefficient (Wildman–Crippen LogP) is 4.52. The lowest BCUT2D eigenvalue weighted by molar-refractivity contribution is 0.0784. The Bertz CT molecular complexity index is 903. The topological polar surface area (TPSA) is 38.1 Å². The summed E-state index contributed by atoms with van der Waals surface area (Å²) in [7, 11) is 1.82. The number of aryl methyl sites for hydroxylation is 1. The van der Waals surface area contributed by atoms with Crippen LogP contribution in [0.1, 0.15) is 27.3 Å². The monoisotopic (exact) mass is 397 g/mol. The quantitative estimate of drug-likeness (QED) is 0.648. The SMILES string of the molecule is Cc1nn(-c2ccccc2)c(C)c1CN(C)C(=O)c1ccccc1Br.